The van der Waals surface area contributed by atoms with E-state index >= 15 is 0 Å². The minimum absolute atomic E-state index is 0.0249. The average Bonchev–Trinajstić information content (AvgIpc) is 3.43. The molecule has 0 spiro atoms. The van der Waals surface area contributed by atoms with Gasteiger partial charge in [0.15, 0.2) is 0 Å². The van der Waals surface area contributed by atoms with Gasteiger partial charge in [-0.15, -0.1) is 0 Å². The fraction of sp³-hybridized carbons (Fsp3) is 0.273. The summed E-state index contributed by atoms with van der Waals surface area (Å²) in [5, 5.41) is 12.3. The molecule has 1 saturated heterocycles. The van der Waals surface area contributed by atoms with Gasteiger partial charge in [-0.3, -0.25) is 9.59 Å². The summed E-state index contributed by atoms with van der Waals surface area (Å²) in [6.07, 6.45) is 3.91. The molecule has 1 fully saturated rings. The van der Waals surface area contributed by atoms with Crippen LogP contribution in [0.2, 0.25) is 5.02 Å². The van der Waals surface area contributed by atoms with E-state index in [4.69, 9.17) is 17.3 Å². The maximum atomic E-state index is 14.1. The molecule has 3 aromatic rings. The predicted molar refractivity (Wildman–Crippen MR) is 119 cm³/mol. The summed E-state index contributed by atoms with van der Waals surface area (Å²) in [7, 11) is 0. The minimum Gasteiger partial charge on any atom is -0.478 e. The van der Waals surface area contributed by atoms with E-state index in [1.807, 2.05) is 0 Å². The standard InChI is InChI=1S/C22H21ClFN5O4/c23-15-4-1-3-12(18(15)24)9-27-21(31)16-5-2-7-29(16)17(30)11-28-8-6-13-19(25)14(22(32)33)10-26-20(13)28/h1,3-4,6,8,10,16H,2,5,7,9,11H2,(H2,25,26)(H,27,31)(H,32,33)/t16-/m0/s1. The Bertz CT molecular complexity index is 1260. The predicted octanol–water partition coefficient (Wildman–Crippen LogP) is 2.42. The van der Waals surface area contributed by atoms with Crippen molar-refractivity contribution in [1.29, 1.82) is 0 Å². The van der Waals surface area contributed by atoms with Gasteiger partial charge >= 0.3 is 5.97 Å². The summed E-state index contributed by atoms with van der Waals surface area (Å²) >= 11 is 5.78. The number of carboxylic acids is 1. The highest BCUT2D eigenvalue weighted by molar-refractivity contribution is 6.30. The zero-order valence-electron chi connectivity index (χ0n) is 17.4. The van der Waals surface area contributed by atoms with E-state index in [0.29, 0.717) is 30.4 Å². The van der Waals surface area contributed by atoms with E-state index in [0.717, 1.165) is 6.20 Å². The van der Waals surface area contributed by atoms with Crippen LogP contribution in [0, 0.1) is 5.82 Å². The van der Waals surface area contributed by atoms with Crippen molar-refractivity contribution in [3.63, 3.8) is 0 Å². The molecule has 1 aliphatic rings. The zero-order chi connectivity index (χ0) is 23.7. The van der Waals surface area contributed by atoms with E-state index in [9.17, 15) is 23.9 Å². The Morgan fingerprint density at radius 1 is 1.30 bits per heavy atom. The number of nitrogens with zero attached hydrogens (tertiary/aromatic N) is 3. The van der Waals surface area contributed by atoms with Crippen molar-refractivity contribution >= 4 is 46.1 Å². The van der Waals surface area contributed by atoms with Crippen molar-refractivity contribution in [3.8, 4) is 0 Å². The van der Waals surface area contributed by atoms with Crippen LogP contribution < -0.4 is 11.1 Å². The molecule has 1 atom stereocenters. The van der Waals surface area contributed by atoms with Gasteiger partial charge in [-0.25, -0.2) is 14.2 Å². The first-order valence-electron chi connectivity index (χ1n) is 10.2. The third kappa shape index (κ3) is 4.34. The lowest BCUT2D eigenvalue weighted by Gasteiger charge is -2.24. The summed E-state index contributed by atoms with van der Waals surface area (Å²) in [6.45, 7) is 0.288. The monoisotopic (exact) mass is 473 g/mol. The highest BCUT2D eigenvalue weighted by atomic mass is 35.5. The number of aromatic carboxylic acids is 1. The highest BCUT2D eigenvalue weighted by Crippen LogP contribution is 2.25. The van der Waals surface area contributed by atoms with Gasteiger partial charge in [0.1, 0.15) is 29.6 Å². The summed E-state index contributed by atoms with van der Waals surface area (Å²) in [5.41, 5.74) is 6.53. The van der Waals surface area contributed by atoms with Gasteiger partial charge in [-0.05, 0) is 25.0 Å². The Hall–Kier alpha value is -3.66. The lowest BCUT2D eigenvalue weighted by molar-refractivity contribution is -0.138. The van der Waals surface area contributed by atoms with Crippen molar-refractivity contribution in [1.82, 2.24) is 19.8 Å². The van der Waals surface area contributed by atoms with E-state index in [1.54, 1.807) is 22.9 Å². The average molecular weight is 474 g/mol. The summed E-state index contributed by atoms with van der Waals surface area (Å²) < 4.78 is 15.6. The number of hydrogen-bond donors (Lipinski definition) is 3. The van der Waals surface area contributed by atoms with Gasteiger partial charge in [0.25, 0.3) is 0 Å². The number of carbonyl (C=O) groups excluding carboxylic acids is 2. The number of carboxylic acid groups (broad SMARTS) is 1. The van der Waals surface area contributed by atoms with Crippen LogP contribution in [0.15, 0.2) is 36.7 Å². The van der Waals surface area contributed by atoms with Crippen LogP contribution in [-0.2, 0) is 22.7 Å². The molecule has 2 amide bonds. The quantitative estimate of drug-likeness (QED) is 0.504. The highest BCUT2D eigenvalue weighted by Gasteiger charge is 2.34. The van der Waals surface area contributed by atoms with Gasteiger partial charge in [-0.2, -0.15) is 0 Å². The Balaban J connectivity index is 1.46. The molecule has 1 aromatic carbocycles. The topological polar surface area (TPSA) is 131 Å². The summed E-state index contributed by atoms with van der Waals surface area (Å²) in [6, 6.07) is 5.49. The largest absolute Gasteiger partial charge is 0.478 e. The molecule has 3 heterocycles. The smallest absolute Gasteiger partial charge is 0.339 e. The van der Waals surface area contributed by atoms with Crippen molar-refractivity contribution in [2.75, 3.05) is 12.3 Å². The molecule has 0 unspecified atom stereocenters. The number of pyridine rings is 1. The molecule has 172 valence electrons. The fourth-order valence-corrected chi connectivity index (χ4v) is 4.21. The second-order valence-electron chi connectivity index (χ2n) is 7.75. The van der Waals surface area contributed by atoms with Crippen LogP contribution in [0.3, 0.4) is 0 Å². The van der Waals surface area contributed by atoms with E-state index in [1.165, 1.54) is 17.0 Å². The molecule has 33 heavy (non-hydrogen) atoms. The van der Waals surface area contributed by atoms with Crippen LogP contribution in [0.5, 0.6) is 0 Å². The minimum atomic E-state index is -1.19. The van der Waals surface area contributed by atoms with Crippen molar-refractivity contribution in [2.45, 2.75) is 32.0 Å². The molecule has 0 bridgehead atoms. The van der Waals surface area contributed by atoms with Crippen LogP contribution >= 0.6 is 11.6 Å². The number of nitrogens with one attached hydrogen (secondary N) is 1. The molecule has 2 aromatic heterocycles. The molecule has 11 heteroatoms. The number of hydrogen-bond acceptors (Lipinski definition) is 5. The van der Waals surface area contributed by atoms with Crippen LogP contribution in [0.1, 0.15) is 28.8 Å². The number of likely N-dealkylation sites (tertiary alicyclic amines) is 1. The first-order valence-corrected chi connectivity index (χ1v) is 10.6. The number of carbonyl (C=O) groups is 3. The number of anilines is 1. The fourth-order valence-electron chi connectivity index (χ4n) is 4.02. The number of aromatic nitrogens is 2. The Morgan fingerprint density at radius 2 is 2.09 bits per heavy atom. The molecule has 9 nitrogen and oxygen atoms in total. The van der Waals surface area contributed by atoms with Gasteiger partial charge < -0.3 is 25.6 Å². The van der Waals surface area contributed by atoms with Crippen molar-refractivity contribution in [3.05, 3.63) is 58.6 Å². The molecule has 0 saturated carbocycles. The van der Waals surface area contributed by atoms with Crippen molar-refractivity contribution < 1.29 is 23.9 Å². The molecule has 0 radical (unpaired) electrons. The first-order chi connectivity index (χ1) is 15.8. The normalized spacial score (nSPS) is 15.7. The van der Waals surface area contributed by atoms with E-state index in [-0.39, 0.29) is 46.7 Å². The number of nitrogen functional groups attached to an aromatic ring is 1. The second kappa shape index (κ2) is 9.07. The van der Waals surface area contributed by atoms with E-state index in [2.05, 4.69) is 10.3 Å². The molecular weight excluding hydrogens is 453 g/mol. The number of halogens is 2. The molecule has 4 rings (SSSR count). The molecule has 1 aliphatic heterocycles. The summed E-state index contributed by atoms with van der Waals surface area (Å²) in [4.78, 5) is 42.6. The maximum Gasteiger partial charge on any atom is 0.339 e. The van der Waals surface area contributed by atoms with Gasteiger partial charge in [-0.1, -0.05) is 23.7 Å². The second-order valence-corrected chi connectivity index (χ2v) is 8.15. The van der Waals surface area contributed by atoms with Crippen LogP contribution in [0.25, 0.3) is 11.0 Å². The third-order valence-electron chi connectivity index (χ3n) is 5.73. The Labute approximate surface area is 192 Å². The number of rotatable bonds is 6. The number of nitrogens with two attached hydrogens (primary N) is 1. The molecule has 4 N–H and O–H groups in total. The number of fused-ring (bicyclic) bond motifs is 1. The van der Waals surface area contributed by atoms with Crippen LogP contribution in [0.4, 0.5) is 10.1 Å². The van der Waals surface area contributed by atoms with Crippen molar-refractivity contribution in [2.24, 2.45) is 0 Å². The Morgan fingerprint density at radius 3 is 2.85 bits per heavy atom. The first kappa shape index (κ1) is 22.5. The maximum absolute atomic E-state index is 14.1. The van der Waals surface area contributed by atoms with Crippen LogP contribution in [-0.4, -0.2) is 49.9 Å². The van der Waals surface area contributed by atoms with Gasteiger partial charge in [0.05, 0.1) is 10.7 Å². The number of amides is 2. The zero-order valence-corrected chi connectivity index (χ0v) is 18.2. The SMILES string of the molecule is Nc1c(C(=O)O)cnc2c1ccn2CC(=O)N1CCC[C@H]1C(=O)NCc1cccc(Cl)c1F. The lowest BCUT2D eigenvalue weighted by atomic mass is 10.1. The third-order valence-corrected chi connectivity index (χ3v) is 6.02. The van der Waals surface area contributed by atoms with Gasteiger partial charge in [0, 0.05) is 36.4 Å². The molecular formula is C22H21ClFN5O4. The summed E-state index contributed by atoms with van der Waals surface area (Å²) in [5.74, 6) is -2.43. The Kier molecular flexibility index (Phi) is 6.19. The lowest BCUT2D eigenvalue weighted by Crippen LogP contribution is -2.46. The molecule has 0 aliphatic carbocycles. The van der Waals surface area contributed by atoms with E-state index < -0.39 is 17.8 Å². The van der Waals surface area contributed by atoms with Gasteiger partial charge in [0.2, 0.25) is 11.8 Å². The number of benzene rings is 1.